The van der Waals surface area contributed by atoms with Crippen molar-refractivity contribution in [1.82, 2.24) is 0 Å². The smallest absolute Gasteiger partial charge is 0.181 e. The summed E-state index contributed by atoms with van der Waals surface area (Å²) >= 11 is 0. The van der Waals surface area contributed by atoms with Crippen LogP contribution in [0.5, 0.6) is 0 Å². The standard InChI is InChI=1S/C8H17NO5/c9-2-1-4-6(11)5(3-10)14-8(13)7(4)12/h4-8,10-13H,1-3,9H2/t4-,5+,6-,7+,8?/m0/s1. The predicted octanol–water partition coefficient (Wildman–Crippen LogP) is -2.62. The van der Waals surface area contributed by atoms with Crippen molar-refractivity contribution in [2.24, 2.45) is 11.7 Å². The van der Waals surface area contributed by atoms with Gasteiger partial charge < -0.3 is 30.9 Å². The Labute approximate surface area is 81.9 Å². The van der Waals surface area contributed by atoms with Crippen molar-refractivity contribution in [3.63, 3.8) is 0 Å². The maximum atomic E-state index is 9.64. The largest absolute Gasteiger partial charge is 0.394 e. The predicted molar refractivity (Wildman–Crippen MR) is 47.1 cm³/mol. The molecular formula is C8H17NO5. The molecule has 1 fully saturated rings. The van der Waals surface area contributed by atoms with Gasteiger partial charge in [-0.1, -0.05) is 0 Å². The van der Waals surface area contributed by atoms with Gasteiger partial charge in [-0.2, -0.15) is 0 Å². The highest BCUT2D eigenvalue weighted by Gasteiger charge is 2.42. The lowest BCUT2D eigenvalue weighted by molar-refractivity contribution is -0.274. The zero-order valence-electron chi connectivity index (χ0n) is 7.78. The highest BCUT2D eigenvalue weighted by atomic mass is 16.6. The Hall–Kier alpha value is -0.240. The fourth-order valence-corrected chi connectivity index (χ4v) is 1.71. The van der Waals surface area contributed by atoms with E-state index in [0.29, 0.717) is 13.0 Å². The fraction of sp³-hybridized carbons (Fsp3) is 1.00. The summed E-state index contributed by atoms with van der Waals surface area (Å²) in [5.74, 6) is -0.555. The molecule has 1 aliphatic heterocycles. The van der Waals surface area contributed by atoms with Crippen LogP contribution in [-0.2, 0) is 4.74 Å². The Morgan fingerprint density at radius 2 is 1.79 bits per heavy atom. The van der Waals surface area contributed by atoms with Crippen LogP contribution >= 0.6 is 0 Å². The molecule has 6 heteroatoms. The third kappa shape index (κ3) is 2.22. The summed E-state index contributed by atoms with van der Waals surface area (Å²) in [6.45, 7) is -0.102. The summed E-state index contributed by atoms with van der Waals surface area (Å²) in [5.41, 5.74) is 5.31. The number of hydrogen-bond acceptors (Lipinski definition) is 6. The van der Waals surface area contributed by atoms with Crippen LogP contribution in [0.2, 0.25) is 0 Å². The van der Waals surface area contributed by atoms with Gasteiger partial charge in [-0.25, -0.2) is 0 Å². The van der Waals surface area contributed by atoms with Crippen molar-refractivity contribution in [2.45, 2.75) is 31.0 Å². The number of rotatable bonds is 3. The maximum absolute atomic E-state index is 9.64. The van der Waals surface area contributed by atoms with Crippen molar-refractivity contribution >= 4 is 0 Å². The Kier molecular flexibility index (Phi) is 4.24. The Morgan fingerprint density at radius 1 is 1.14 bits per heavy atom. The van der Waals surface area contributed by atoms with E-state index in [2.05, 4.69) is 0 Å². The van der Waals surface area contributed by atoms with Crippen LogP contribution in [0.15, 0.2) is 0 Å². The van der Waals surface area contributed by atoms with E-state index in [1.807, 2.05) is 0 Å². The molecule has 5 atom stereocenters. The lowest BCUT2D eigenvalue weighted by Crippen LogP contribution is -2.55. The molecule has 0 bridgehead atoms. The molecule has 0 amide bonds. The minimum Gasteiger partial charge on any atom is -0.394 e. The summed E-state index contributed by atoms with van der Waals surface area (Å²) in [6, 6.07) is 0. The summed E-state index contributed by atoms with van der Waals surface area (Å²) < 4.78 is 4.80. The third-order valence-electron chi connectivity index (χ3n) is 2.54. The zero-order chi connectivity index (χ0) is 10.7. The van der Waals surface area contributed by atoms with Gasteiger partial charge in [-0.05, 0) is 13.0 Å². The summed E-state index contributed by atoms with van der Waals surface area (Å²) in [6.07, 6.45) is -4.01. The SMILES string of the molecule is NCC[C@H]1[C@H](O)[C@@H](CO)OC(O)[C@@H]1O. The number of aliphatic hydroxyl groups is 4. The molecule has 1 rings (SSSR count). The molecule has 0 aromatic carbocycles. The van der Waals surface area contributed by atoms with Gasteiger partial charge >= 0.3 is 0 Å². The van der Waals surface area contributed by atoms with E-state index in [1.54, 1.807) is 0 Å². The zero-order valence-corrected chi connectivity index (χ0v) is 7.78. The van der Waals surface area contributed by atoms with Gasteiger partial charge in [0.15, 0.2) is 6.29 Å². The second kappa shape index (κ2) is 5.01. The van der Waals surface area contributed by atoms with E-state index in [0.717, 1.165) is 0 Å². The van der Waals surface area contributed by atoms with Crippen LogP contribution in [0.1, 0.15) is 6.42 Å². The van der Waals surface area contributed by atoms with E-state index < -0.39 is 37.1 Å². The van der Waals surface area contributed by atoms with Crippen LogP contribution < -0.4 is 5.73 Å². The molecule has 1 saturated heterocycles. The van der Waals surface area contributed by atoms with Gasteiger partial charge in [-0.3, -0.25) is 0 Å². The molecule has 1 heterocycles. The van der Waals surface area contributed by atoms with Crippen LogP contribution in [0.4, 0.5) is 0 Å². The molecule has 0 aromatic rings. The Morgan fingerprint density at radius 3 is 2.29 bits per heavy atom. The molecule has 0 aromatic heterocycles. The maximum Gasteiger partial charge on any atom is 0.181 e. The fourth-order valence-electron chi connectivity index (χ4n) is 1.71. The van der Waals surface area contributed by atoms with Crippen molar-refractivity contribution < 1.29 is 25.2 Å². The first-order valence-corrected chi connectivity index (χ1v) is 4.62. The third-order valence-corrected chi connectivity index (χ3v) is 2.54. The van der Waals surface area contributed by atoms with Gasteiger partial charge in [0.05, 0.1) is 12.7 Å². The highest BCUT2D eigenvalue weighted by molar-refractivity contribution is 4.88. The summed E-state index contributed by atoms with van der Waals surface area (Å²) in [4.78, 5) is 0. The number of ether oxygens (including phenoxy) is 1. The molecule has 0 aliphatic carbocycles. The first-order chi connectivity index (χ1) is 6.61. The molecule has 0 radical (unpaired) electrons. The minimum absolute atomic E-state index is 0.295. The lowest BCUT2D eigenvalue weighted by atomic mass is 9.86. The first-order valence-electron chi connectivity index (χ1n) is 4.62. The number of hydrogen-bond donors (Lipinski definition) is 5. The van der Waals surface area contributed by atoms with Gasteiger partial charge in [-0.15, -0.1) is 0 Å². The summed E-state index contributed by atoms with van der Waals surface area (Å²) in [7, 11) is 0. The topological polar surface area (TPSA) is 116 Å². The second-order valence-electron chi connectivity index (χ2n) is 3.47. The average Bonchev–Trinajstić information content (AvgIpc) is 2.18. The molecular weight excluding hydrogens is 190 g/mol. The van der Waals surface area contributed by atoms with Crippen molar-refractivity contribution in [3.05, 3.63) is 0 Å². The van der Waals surface area contributed by atoms with E-state index >= 15 is 0 Å². The van der Waals surface area contributed by atoms with E-state index in [1.165, 1.54) is 0 Å². The van der Waals surface area contributed by atoms with Crippen LogP contribution in [0.25, 0.3) is 0 Å². The molecule has 1 unspecified atom stereocenters. The Balaban J connectivity index is 2.67. The van der Waals surface area contributed by atoms with Crippen molar-refractivity contribution in [1.29, 1.82) is 0 Å². The minimum atomic E-state index is -1.37. The molecule has 14 heavy (non-hydrogen) atoms. The first kappa shape index (κ1) is 11.8. The monoisotopic (exact) mass is 207 g/mol. The van der Waals surface area contributed by atoms with E-state index in [9.17, 15) is 15.3 Å². The Bertz CT molecular complexity index is 179. The van der Waals surface area contributed by atoms with E-state index in [4.69, 9.17) is 15.6 Å². The molecule has 1 aliphatic rings. The van der Waals surface area contributed by atoms with Gasteiger partial charge in [0.2, 0.25) is 0 Å². The van der Waals surface area contributed by atoms with Crippen LogP contribution in [0.3, 0.4) is 0 Å². The van der Waals surface area contributed by atoms with Gasteiger partial charge in [0.1, 0.15) is 12.2 Å². The highest BCUT2D eigenvalue weighted by Crippen LogP contribution is 2.27. The molecule has 84 valence electrons. The van der Waals surface area contributed by atoms with Gasteiger partial charge in [0, 0.05) is 5.92 Å². The second-order valence-corrected chi connectivity index (χ2v) is 3.47. The van der Waals surface area contributed by atoms with Crippen LogP contribution in [-0.4, -0.2) is 58.2 Å². The average molecular weight is 207 g/mol. The van der Waals surface area contributed by atoms with E-state index in [-0.39, 0.29) is 0 Å². The number of nitrogens with two attached hydrogens (primary N) is 1. The quantitative estimate of drug-likeness (QED) is 0.346. The number of aliphatic hydroxyl groups excluding tert-OH is 4. The van der Waals surface area contributed by atoms with Crippen molar-refractivity contribution in [2.75, 3.05) is 13.2 Å². The van der Waals surface area contributed by atoms with Crippen LogP contribution in [0, 0.1) is 5.92 Å². The van der Waals surface area contributed by atoms with Gasteiger partial charge in [0.25, 0.3) is 0 Å². The summed E-state index contributed by atoms with van der Waals surface area (Å²) in [5, 5.41) is 37.2. The normalized spacial score (nSPS) is 43.9. The molecule has 0 saturated carbocycles. The lowest BCUT2D eigenvalue weighted by Gasteiger charge is -2.40. The molecule has 0 spiro atoms. The van der Waals surface area contributed by atoms with Crippen molar-refractivity contribution in [3.8, 4) is 0 Å². The molecule has 6 nitrogen and oxygen atoms in total. The molecule has 6 N–H and O–H groups in total.